The van der Waals surface area contributed by atoms with E-state index >= 15 is 0 Å². The lowest BCUT2D eigenvalue weighted by Crippen LogP contribution is -2.28. The van der Waals surface area contributed by atoms with Crippen molar-refractivity contribution in [1.82, 2.24) is 0 Å². The SMILES string of the molecule is COC(C)COCC(COCC(C)OC)CS(=O)(=O)OC. The summed E-state index contributed by atoms with van der Waals surface area (Å²) in [7, 11) is 0.780. The van der Waals surface area contributed by atoms with Crippen LogP contribution in [0.25, 0.3) is 0 Å². The molecule has 0 N–H and O–H groups in total. The molecule has 0 aromatic rings. The summed E-state index contributed by atoms with van der Waals surface area (Å²) in [6, 6.07) is 0. The van der Waals surface area contributed by atoms with E-state index in [1.165, 1.54) is 0 Å². The van der Waals surface area contributed by atoms with E-state index in [0.29, 0.717) is 13.2 Å². The molecular formula is C13H28O7S. The van der Waals surface area contributed by atoms with Gasteiger partial charge in [0.25, 0.3) is 10.1 Å². The Bertz CT molecular complexity index is 328. The van der Waals surface area contributed by atoms with E-state index in [9.17, 15) is 8.42 Å². The summed E-state index contributed by atoms with van der Waals surface area (Å²) >= 11 is 0. The third kappa shape index (κ3) is 11.0. The van der Waals surface area contributed by atoms with Crippen molar-refractivity contribution in [3.8, 4) is 0 Å². The molecule has 0 spiro atoms. The van der Waals surface area contributed by atoms with Crippen LogP contribution < -0.4 is 0 Å². The van der Waals surface area contributed by atoms with Gasteiger partial charge in [-0.05, 0) is 13.8 Å². The van der Waals surface area contributed by atoms with E-state index in [4.69, 9.17) is 18.9 Å². The van der Waals surface area contributed by atoms with Crippen LogP contribution in [0.1, 0.15) is 13.8 Å². The highest BCUT2D eigenvalue weighted by Gasteiger charge is 2.20. The van der Waals surface area contributed by atoms with Crippen molar-refractivity contribution in [1.29, 1.82) is 0 Å². The van der Waals surface area contributed by atoms with E-state index in [2.05, 4.69) is 4.18 Å². The minimum atomic E-state index is -3.55. The second-order valence-corrected chi connectivity index (χ2v) is 6.71. The monoisotopic (exact) mass is 328 g/mol. The molecule has 7 nitrogen and oxygen atoms in total. The molecule has 0 heterocycles. The molecule has 0 aliphatic heterocycles. The van der Waals surface area contributed by atoms with Crippen LogP contribution in [0.15, 0.2) is 0 Å². The lowest BCUT2D eigenvalue weighted by atomic mass is 10.2. The van der Waals surface area contributed by atoms with Crippen LogP contribution in [0.5, 0.6) is 0 Å². The van der Waals surface area contributed by atoms with Crippen molar-refractivity contribution in [2.45, 2.75) is 26.1 Å². The zero-order valence-electron chi connectivity index (χ0n) is 13.5. The molecule has 0 fully saturated rings. The second kappa shape index (κ2) is 11.3. The number of methoxy groups -OCH3 is 2. The summed E-state index contributed by atoms with van der Waals surface area (Å²) < 4.78 is 48.6. The Morgan fingerprint density at radius 2 is 1.24 bits per heavy atom. The molecule has 0 amide bonds. The second-order valence-electron chi connectivity index (χ2n) is 4.92. The maximum atomic E-state index is 11.5. The van der Waals surface area contributed by atoms with Crippen LogP contribution in [-0.4, -0.2) is 74.1 Å². The molecular weight excluding hydrogens is 300 g/mol. The lowest BCUT2D eigenvalue weighted by molar-refractivity contribution is -0.0228. The minimum Gasteiger partial charge on any atom is -0.379 e. The zero-order valence-corrected chi connectivity index (χ0v) is 14.4. The van der Waals surface area contributed by atoms with Crippen LogP contribution >= 0.6 is 0 Å². The molecule has 0 aliphatic rings. The van der Waals surface area contributed by atoms with Crippen LogP contribution in [0.2, 0.25) is 0 Å². The van der Waals surface area contributed by atoms with E-state index < -0.39 is 10.1 Å². The highest BCUT2D eigenvalue weighted by molar-refractivity contribution is 7.86. The van der Waals surface area contributed by atoms with Gasteiger partial charge in [-0.2, -0.15) is 8.42 Å². The third-order valence-corrected chi connectivity index (χ3v) is 4.30. The highest BCUT2D eigenvalue weighted by atomic mass is 32.2. The Morgan fingerprint density at radius 3 is 1.57 bits per heavy atom. The first-order valence-corrected chi connectivity index (χ1v) is 8.41. The van der Waals surface area contributed by atoms with Crippen molar-refractivity contribution >= 4 is 10.1 Å². The van der Waals surface area contributed by atoms with Crippen LogP contribution in [-0.2, 0) is 33.2 Å². The Kier molecular flexibility index (Phi) is 11.2. The molecule has 0 rings (SSSR count). The molecule has 0 saturated heterocycles. The summed E-state index contributed by atoms with van der Waals surface area (Å²) in [5, 5.41) is 0. The summed E-state index contributed by atoms with van der Waals surface area (Å²) in [6.45, 7) is 5.06. The van der Waals surface area contributed by atoms with Gasteiger partial charge in [0, 0.05) is 20.1 Å². The first kappa shape index (κ1) is 20.8. The van der Waals surface area contributed by atoms with Gasteiger partial charge in [-0.25, -0.2) is 0 Å². The molecule has 0 aromatic carbocycles. The number of hydrogen-bond acceptors (Lipinski definition) is 7. The first-order valence-electron chi connectivity index (χ1n) is 6.84. The van der Waals surface area contributed by atoms with E-state index in [1.54, 1.807) is 14.2 Å². The fourth-order valence-electron chi connectivity index (χ4n) is 1.44. The van der Waals surface area contributed by atoms with Crippen LogP contribution in [0, 0.1) is 5.92 Å². The average Bonchev–Trinajstić information content (AvgIpc) is 2.46. The summed E-state index contributed by atoms with van der Waals surface area (Å²) in [6.07, 6.45) is -0.0850. The Hall–Kier alpha value is -0.250. The molecule has 0 aromatic heterocycles. The van der Waals surface area contributed by atoms with Crippen molar-refractivity contribution in [3.05, 3.63) is 0 Å². The van der Waals surface area contributed by atoms with Crippen molar-refractivity contribution in [2.75, 3.05) is 53.5 Å². The van der Waals surface area contributed by atoms with Crippen molar-refractivity contribution in [2.24, 2.45) is 5.92 Å². The van der Waals surface area contributed by atoms with E-state index in [0.717, 1.165) is 7.11 Å². The summed E-state index contributed by atoms with van der Waals surface area (Å²) in [4.78, 5) is 0. The van der Waals surface area contributed by atoms with Gasteiger partial charge >= 0.3 is 0 Å². The predicted molar refractivity (Wildman–Crippen MR) is 78.9 cm³/mol. The Morgan fingerprint density at radius 1 is 0.810 bits per heavy atom. The normalized spacial score (nSPS) is 16.6. The molecule has 0 bridgehead atoms. The summed E-state index contributed by atoms with van der Waals surface area (Å²) in [5.74, 6) is -0.449. The maximum absolute atomic E-state index is 11.5. The van der Waals surface area contributed by atoms with Crippen molar-refractivity contribution in [3.63, 3.8) is 0 Å². The molecule has 21 heavy (non-hydrogen) atoms. The maximum Gasteiger partial charge on any atom is 0.267 e. The van der Waals surface area contributed by atoms with Gasteiger partial charge in [0.05, 0.1) is 51.5 Å². The predicted octanol–water partition coefficient (Wildman–Crippen LogP) is 0.682. The molecule has 0 radical (unpaired) electrons. The molecule has 2 unspecified atom stereocenters. The fourth-order valence-corrected chi connectivity index (χ4v) is 2.34. The smallest absolute Gasteiger partial charge is 0.267 e. The number of ether oxygens (including phenoxy) is 4. The van der Waals surface area contributed by atoms with Gasteiger partial charge in [-0.15, -0.1) is 0 Å². The third-order valence-electron chi connectivity index (χ3n) is 2.91. The quantitative estimate of drug-likeness (QED) is 0.460. The fraction of sp³-hybridized carbons (Fsp3) is 1.00. The van der Waals surface area contributed by atoms with Crippen molar-refractivity contribution < 1.29 is 31.5 Å². The van der Waals surface area contributed by atoms with Gasteiger partial charge in [-0.3, -0.25) is 4.18 Å². The van der Waals surface area contributed by atoms with E-state index in [1.807, 2.05) is 13.8 Å². The van der Waals surface area contributed by atoms with E-state index in [-0.39, 0.29) is 37.1 Å². The van der Waals surface area contributed by atoms with Gasteiger partial charge in [0.1, 0.15) is 0 Å². The number of rotatable bonds is 13. The average molecular weight is 328 g/mol. The lowest BCUT2D eigenvalue weighted by Gasteiger charge is -2.19. The number of hydrogen-bond donors (Lipinski definition) is 0. The Labute approximate surface area is 128 Å². The molecule has 128 valence electrons. The van der Waals surface area contributed by atoms with Gasteiger partial charge in [0.15, 0.2) is 0 Å². The minimum absolute atomic E-state index is 0.0425. The highest BCUT2D eigenvalue weighted by Crippen LogP contribution is 2.07. The first-order chi connectivity index (χ1) is 9.84. The molecule has 2 atom stereocenters. The molecule has 0 saturated carbocycles. The van der Waals surface area contributed by atoms with Gasteiger partial charge < -0.3 is 18.9 Å². The van der Waals surface area contributed by atoms with Gasteiger partial charge in [-0.1, -0.05) is 0 Å². The standard InChI is InChI=1S/C13H28O7S/c1-11(16-3)6-19-8-13(10-21(14,15)18-5)9-20-7-12(2)17-4/h11-13H,6-10H2,1-5H3. The Balaban J connectivity index is 4.27. The molecule has 0 aliphatic carbocycles. The largest absolute Gasteiger partial charge is 0.379 e. The van der Waals surface area contributed by atoms with Gasteiger partial charge in [0.2, 0.25) is 0 Å². The summed E-state index contributed by atoms with van der Waals surface area (Å²) in [5.41, 5.74) is 0. The zero-order chi connectivity index (χ0) is 16.3. The van der Waals surface area contributed by atoms with Crippen LogP contribution in [0.4, 0.5) is 0 Å². The molecule has 8 heteroatoms. The topological polar surface area (TPSA) is 80.3 Å². The van der Waals surface area contributed by atoms with Crippen LogP contribution in [0.3, 0.4) is 0 Å².